The number of carbonyl (C=O) groups is 1. The van der Waals surface area contributed by atoms with Crippen LogP contribution in [0.25, 0.3) is 0 Å². The van der Waals surface area contributed by atoms with Gasteiger partial charge in [0.2, 0.25) is 0 Å². The Bertz CT molecular complexity index is 362. The van der Waals surface area contributed by atoms with E-state index in [0.29, 0.717) is 5.69 Å². The molecular formula is C9H13N3O3S. The quantitative estimate of drug-likeness (QED) is 0.336. The minimum Gasteiger partial charge on any atom is -0.464 e. The maximum Gasteiger partial charge on any atom is 0.356 e. The lowest BCUT2D eigenvalue weighted by molar-refractivity contribution is -0.0844. The van der Waals surface area contributed by atoms with Crippen LogP contribution >= 0.6 is 12.8 Å². The number of pyridine rings is 1. The maximum atomic E-state index is 11.2. The predicted molar refractivity (Wildman–Crippen MR) is 60.2 cm³/mol. The summed E-state index contributed by atoms with van der Waals surface area (Å²) in [7, 11) is 1.30. The molecule has 0 bridgehead atoms. The summed E-state index contributed by atoms with van der Waals surface area (Å²) in [4.78, 5) is 20.3. The third-order valence-corrected chi connectivity index (χ3v) is 2.00. The van der Waals surface area contributed by atoms with Crippen molar-refractivity contribution in [1.29, 1.82) is 0 Å². The third-order valence-electron chi connectivity index (χ3n) is 1.72. The van der Waals surface area contributed by atoms with Crippen molar-refractivity contribution in [1.82, 2.24) is 9.45 Å². The summed E-state index contributed by atoms with van der Waals surface area (Å²) in [5, 5.41) is 0. The fourth-order valence-electron chi connectivity index (χ4n) is 0.972. The van der Waals surface area contributed by atoms with Crippen LogP contribution < -0.4 is 5.73 Å². The summed E-state index contributed by atoms with van der Waals surface area (Å²) in [6.07, 6.45) is 0. The molecule has 1 aromatic rings. The monoisotopic (exact) mass is 243 g/mol. The van der Waals surface area contributed by atoms with Crippen molar-refractivity contribution < 1.29 is 14.4 Å². The van der Waals surface area contributed by atoms with Gasteiger partial charge in [-0.3, -0.25) is 4.84 Å². The lowest BCUT2D eigenvalue weighted by Gasteiger charge is -2.11. The molecule has 1 aromatic heterocycles. The highest BCUT2D eigenvalue weighted by atomic mass is 32.1. The van der Waals surface area contributed by atoms with E-state index in [2.05, 4.69) is 22.5 Å². The van der Waals surface area contributed by atoms with Gasteiger partial charge in [0.25, 0.3) is 0 Å². The van der Waals surface area contributed by atoms with Crippen molar-refractivity contribution in [3.63, 3.8) is 0 Å². The molecule has 0 aliphatic carbocycles. The van der Waals surface area contributed by atoms with Gasteiger partial charge in [-0.2, -0.15) is 0 Å². The van der Waals surface area contributed by atoms with Crippen LogP contribution in [-0.4, -0.2) is 29.2 Å². The number of hydrogen-bond donors (Lipinski definition) is 2. The molecule has 0 amide bonds. The first kappa shape index (κ1) is 12.9. The van der Waals surface area contributed by atoms with Gasteiger partial charge >= 0.3 is 5.97 Å². The maximum absolute atomic E-state index is 11.2. The Hall–Kier alpha value is -1.15. The molecule has 0 fully saturated rings. The van der Waals surface area contributed by atoms with Crippen molar-refractivity contribution in [2.75, 3.05) is 13.8 Å². The van der Waals surface area contributed by atoms with Gasteiger partial charge in [0, 0.05) is 0 Å². The van der Waals surface area contributed by atoms with Crippen LogP contribution in [0.15, 0.2) is 18.2 Å². The number of ether oxygens (including phenoxy) is 1. The first-order chi connectivity index (χ1) is 7.67. The molecule has 0 radical (unpaired) electrons. The Labute approximate surface area is 98.8 Å². The number of carbonyl (C=O) groups excluding carboxylic acids is 1. The molecule has 1 rings (SSSR count). The molecule has 0 unspecified atom stereocenters. The lowest BCUT2D eigenvalue weighted by Crippen LogP contribution is -2.21. The van der Waals surface area contributed by atoms with E-state index in [9.17, 15) is 4.79 Å². The molecule has 2 N–H and O–H groups in total. The van der Waals surface area contributed by atoms with E-state index in [4.69, 9.17) is 10.6 Å². The molecule has 0 saturated carbocycles. The topological polar surface area (TPSA) is 77.7 Å². The van der Waals surface area contributed by atoms with Crippen molar-refractivity contribution in [2.24, 2.45) is 5.73 Å². The molecule has 0 spiro atoms. The molecule has 0 aliphatic rings. The van der Waals surface area contributed by atoms with Crippen LogP contribution in [0, 0.1) is 0 Å². The van der Waals surface area contributed by atoms with Gasteiger partial charge in [0.05, 0.1) is 19.5 Å². The zero-order chi connectivity index (χ0) is 12.0. The number of nitrogens with zero attached hydrogens (tertiary/aromatic N) is 2. The molecule has 0 saturated heterocycles. The Balaban J connectivity index is 2.64. The highest BCUT2D eigenvalue weighted by molar-refractivity contribution is 7.77. The van der Waals surface area contributed by atoms with Crippen LogP contribution in [0.5, 0.6) is 0 Å². The minimum atomic E-state index is -0.483. The molecule has 0 aromatic carbocycles. The normalized spacial score (nSPS) is 10.5. The zero-order valence-corrected chi connectivity index (χ0v) is 9.68. The highest BCUT2D eigenvalue weighted by Crippen LogP contribution is 2.04. The number of esters is 1. The minimum absolute atomic E-state index is 0.153. The molecule has 88 valence electrons. The molecular weight excluding hydrogens is 230 g/mol. The number of hydroxylamine groups is 1. The Morgan fingerprint density at radius 1 is 1.62 bits per heavy atom. The van der Waals surface area contributed by atoms with Gasteiger partial charge < -0.3 is 10.5 Å². The van der Waals surface area contributed by atoms with Crippen LogP contribution in [-0.2, 0) is 16.2 Å². The van der Waals surface area contributed by atoms with Crippen LogP contribution in [0.2, 0.25) is 0 Å². The fraction of sp³-hybridized carbons (Fsp3) is 0.333. The third kappa shape index (κ3) is 3.78. The highest BCUT2D eigenvalue weighted by Gasteiger charge is 2.08. The van der Waals surface area contributed by atoms with E-state index in [1.807, 2.05) is 0 Å². The summed E-state index contributed by atoms with van der Waals surface area (Å²) in [5.41, 5.74) is 6.10. The number of methoxy groups -OCH3 is 1. The second-order valence-corrected chi connectivity index (χ2v) is 3.26. The SMILES string of the molecule is COC(=O)c1cccc(CON(S)CN)n1. The molecule has 7 heteroatoms. The standard InChI is InChI=1S/C9H13N3O3S/c1-14-9(13)8-4-2-3-7(11-8)5-15-12(16)6-10/h2-4,16H,5-6,10H2,1H3. The zero-order valence-electron chi connectivity index (χ0n) is 8.79. The Kier molecular flexibility index (Phi) is 5.20. The van der Waals surface area contributed by atoms with Crippen molar-refractivity contribution in [3.05, 3.63) is 29.6 Å². The number of hydrogen-bond acceptors (Lipinski definition) is 7. The number of nitrogens with two attached hydrogens (primary N) is 1. The van der Waals surface area contributed by atoms with Gasteiger partial charge in [-0.15, -0.1) is 4.47 Å². The molecule has 6 nitrogen and oxygen atoms in total. The summed E-state index contributed by atoms with van der Waals surface area (Å²) < 4.78 is 5.72. The second kappa shape index (κ2) is 6.44. The second-order valence-electron chi connectivity index (χ2n) is 2.81. The lowest BCUT2D eigenvalue weighted by atomic mass is 10.3. The number of aromatic nitrogens is 1. The average molecular weight is 243 g/mol. The molecule has 16 heavy (non-hydrogen) atoms. The van der Waals surface area contributed by atoms with E-state index >= 15 is 0 Å². The van der Waals surface area contributed by atoms with E-state index in [1.165, 1.54) is 11.6 Å². The van der Waals surface area contributed by atoms with Crippen LogP contribution in [0.4, 0.5) is 0 Å². The van der Waals surface area contributed by atoms with Gasteiger partial charge in [0.1, 0.15) is 12.3 Å². The summed E-state index contributed by atoms with van der Waals surface area (Å²) in [5.74, 6) is -0.483. The Morgan fingerprint density at radius 3 is 3.00 bits per heavy atom. The van der Waals surface area contributed by atoms with E-state index in [-0.39, 0.29) is 19.0 Å². The predicted octanol–water partition coefficient (Wildman–Crippen LogP) is 0.363. The summed E-state index contributed by atoms with van der Waals surface area (Å²) in [6.45, 7) is 0.339. The van der Waals surface area contributed by atoms with Gasteiger partial charge in [-0.25, -0.2) is 9.78 Å². The van der Waals surface area contributed by atoms with Gasteiger partial charge in [0.15, 0.2) is 0 Å². The first-order valence-corrected chi connectivity index (χ1v) is 4.91. The summed E-state index contributed by atoms with van der Waals surface area (Å²) in [6, 6.07) is 4.99. The smallest absolute Gasteiger partial charge is 0.356 e. The van der Waals surface area contributed by atoms with Crippen molar-refractivity contribution in [3.8, 4) is 0 Å². The van der Waals surface area contributed by atoms with E-state index in [1.54, 1.807) is 18.2 Å². The number of thiol groups is 1. The number of rotatable bonds is 5. The van der Waals surface area contributed by atoms with Crippen molar-refractivity contribution in [2.45, 2.75) is 6.61 Å². The molecule has 0 aliphatic heterocycles. The van der Waals surface area contributed by atoms with Crippen LogP contribution in [0.1, 0.15) is 16.2 Å². The van der Waals surface area contributed by atoms with Crippen molar-refractivity contribution >= 4 is 18.8 Å². The van der Waals surface area contributed by atoms with Gasteiger partial charge in [-0.1, -0.05) is 18.9 Å². The molecule has 1 heterocycles. The fourth-order valence-corrected chi connectivity index (χ4v) is 1.03. The summed E-state index contributed by atoms with van der Waals surface area (Å²) >= 11 is 3.91. The van der Waals surface area contributed by atoms with E-state index in [0.717, 1.165) is 0 Å². The van der Waals surface area contributed by atoms with Crippen LogP contribution in [0.3, 0.4) is 0 Å². The average Bonchev–Trinajstić information content (AvgIpc) is 2.35. The Morgan fingerprint density at radius 2 is 2.38 bits per heavy atom. The molecule has 0 atom stereocenters. The first-order valence-electron chi connectivity index (χ1n) is 4.51. The largest absolute Gasteiger partial charge is 0.464 e. The van der Waals surface area contributed by atoms with E-state index < -0.39 is 5.97 Å². The van der Waals surface area contributed by atoms with Gasteiger partial charge in [-0.05, 0) is 12.1 Å².